The van der Waals surface area contributed by atoms with Gasteiger partial charge in [0.1, 0.15) is 5.75 Å². The summed E-state index contributed by atoms with van der Waals surface area (Å²) < 4.78 is 5.98. The van der Waals surface area contributed by atoms with Crippen LogP contribution in [0.1, 0.15) is 75.3 Å². The molecule has 35 heavy (non-hydrogen) atoms. The third kappa shape index (κ3) is 6.97. The molecular weight excluding hydrogens is 460 g/mol. The first-order valence-corrected chi connectivity index (χ1v) is 13.7. The number of carbonyl (C=O) groups excluding carboxylic acids is 2. The third-order valence-electron chi connectivity index (χ3n) is 6.94. The highest BCUT2D eigenvalue weighted by molar-refractivity contribution is 7.13. The first-order chi connectivity index (χ1) is 16.8. The fraction of sp³-hybridized carbons (Fsp3) is 0.593. The van der Waals surface area contributed by atoms with Crippen LogP contribution in [-0.2, 0) is 5.41 Å². The van der Waals surface area contributed by atoms with Crippen molar-refractivity contribution in [2.75, 3.05) is 38.1 Å². The standard InChI is InChI=1S/C27H38N4O3S/c1-27(2,3)23-19-35-25(28-23)29-26(33)31-15-13-30(14-16-31)24(32)21-10-7-11-22(18-21)34-17-12-20-8-5-4-6-9-20/h7,10-11,18-20H,4-6,8-9,12-17H2,1-3H3,(H,28,29,33). The molecule has 1 aliphatic carbocycles. The molecule has 190 valence electrons. The van der Waals surface area contributed by atoms with Crippen molar-refractivity contribution in [2.45, 2.75) is 64.7 Å². The summed E-state index contributed by atoms with van der Waals surface area (Å²) in [5.41, 5.74) is 1.55. The minimum Gasteiger partial charge on any atom is -0.494 e. The van der Waals surface area contributed by atoms with Crippen LogP contribution in [0.5, 0.6) is 5.75 Å². The molecule has 0 atom stereocenters. The van der Waals surface area contributed by atoms with E-state index in [1.54, 1.807) is 4.90 Å². The molecule has 3 amide bonds. The Hall–Kier alpha value is -2.61. The van der Waals surface area contributed by atoms with Gasteiger partial charge in [0, 0.05) is 42.5 Å². The lowest BCUT2D eigenvalue weighted by molar-refractivity contribution is 0.0671. The minimum atomic E-state index is -0.166. The smallest absolute Gasteiger partial charge is 0.323 e. The summed E-state index contributed by atoms with van der Waals surface area (Å²) in [6, 6.07) is 7.32. The average molecular weight is 499 g/mol. The predicted molar refractivity (Wildman–Crippen MR) is 140 cm³/mol. The van der Waals surface area contributed by atoms with Crippen molar-refractivity contribution in [1.82, 2.24) is 14.8 Å². The van der Waals surface area contributed by atoms with Gasteiger partial charge in [-0.3, -0.25) is 10.1 Å². The summed E-state index contributed by atoms with van der Waals surface area (Å²) in [7, 11) is 0. The quantitative estimate of drug-likeness (QED) is 0.548. The zero-order valence-electron chi connectivity index (χ0n) is 21.2. The molecule has 2 heterocycles. The largest absolute Gasteiger partial charge is 0.494 e. The lowest BCUT2D eigenvalue weighted by atomic mass is 9.87. The van der Waals surface area contributed by atoms with Gasteiger partial charge in [-0.05, 0) is 30.5 Å². The molecule has 1 aromatic carbocycles. The number of hydrogen-bond acceptors (Lipinski definition) is 5. The molecule has 0 bridgehead atoms. The van der Waals surface area contributed by atoms with Crippen LogP contribution in [0, 0.1) is 5.92 Å². The van der Waals surface area contributed by atoms with E-state index < -0.39 is 0 Å². The molecule has 8 heteroatoms. The maximum atomic E-state index is 13.1. The van der Waals surface area contributed by atoms with E-state index in [-0.39, 0.29) is 17.4 Å². The molecule has 2 fully saturated rings. The number of carbonyl (C=O) groups is 2. The second kappa shape index (κ2) is 11.4. The second-order valence-electron chi connectivity index (χ2n) is 10.7. The van der Waals surface area contributed by atoms with Crippen LogP contribution in [0.15, 0.2) is 29.6 Å². The third-order valence-corrected chi connectivity index (χ3v) is 7.70. The van der Waals surface area contributed by atoms with Gasteiger partial charge in [-0.15, -0.1) is 11.3 Å². The molecule has 1 aliphatic heterocycles. The molecule has 4 rings (SSSR count). The van der Waals surface area contributed by atoms with Gasteiger partial charge in [-0.1, -0.05) is 58.9 Å². The van der Waals surface area contributed by atoms with Gasteiger partial charge in [0.05, 0.1) is 12.3 Å². The Morgan fingerprint density at radius 1 is 1.09 bits per heavy atom. The van der Waals surface area contributed by atoms with Gasteiger partial charge in [-0.25, -0.2) is 9.78 Å². The SMILES string of the molecule is CC(C)(C)c1csc(NC(=O)N2CCN(C(=O)c3cccc(OCCC4CCCCC4)c3)CC2)n1. The Morgan fingerprint density at radius 2 is 1.80 bits per heavy atom. The lowest BCUT2D eigenvalue weighted by Gasteiger charge is -2.34. The average Bonchev–Trinajstić information content (AvgIpc) is 3.34. The van der Waals surface area contributed by atoms with Crippen molar-refractivity contribution in [3.63, 3.8) is 0 Å². The molecule has 1 saturated heterocycles. The van der Waals surface area contributed by atoms with Gasteiger partial charge in [0.2, 0.25) is 0 Å². The minimum absolute atomic E-state index is 0.0162. The Bertz CT molecular complexity index is 1000. The van der Waals surface area contributed by atoms with Crippen molar-refractivity contribution in [3.05, 3.63) is 40.9 Å². The number of aromatic nitrogens is 1. The van der Waals surface area contributed by atoms with Crippen LogP contribution < -0.4 is 10.1 Å². The first kappa shape index (κ1) is 25.5. The van der Waals surface area contributed by atoms with Crippen molar-refractivity contribution >= 4 is 28.4 Å². The lowest BCUT2D eigenvalue weighted by Crippen LogP contribution is -2.51. The Morgan fingerprint density at radius 3 is 2.49 bits per heavy atom. The van der Waals surface area contributed by atoms with Gasteiger partial charge in [0.25, 0.3) is 5.91 Å². The predicted octanol–water partition coefficient (Wildman–Crippen LogP) is 5.78. The highest BCUT2D eigenvalue weighted by atomic mass is 32.1. The van der Waals surface area contributed by atoms with E-state index in [0.29, 0.717) is 43.5 Å². The Balaban J connectivity index is 1.24. The van der Waals surface area contributed by atoms with Crippen LogP contribution in [0.4, 0.5) is 9.93 Å². The van der Waals surface area contributed by atoms with Crippen LogP contribution in [-0.4, -0.2) is 59.5 Å². The van der Waals surface area contributed by atoms with E-state index >= 15 is 0 Å². The second-order valence-corrected chi connectivity index (χ2v) is 11.5. The molecule has 1 aromatic heterocycles. The molecule has 1 N–H and O–H groups in total. The summed E-state index contributed by atoms with van der Waals surface area (Å²) in [6.07, 6.45) is 7.76. The number of nitrogens with one attached hydrogen (secondary N) is 1. The van der Waals surface area contributed by atoms with Crippen molar-refractivity contribution in [3.8, 4) is 5.75 Å². The molecule has 7 nitrogen and oxygen atoms in total. The number of benzene rings is 1. The fourth-order valence-corrected chi connectivity index (χ4v) is 5.61. The number of thiazole rings is 1. The van der Waals surface area contributed by atoms with Gasteiger partial charge in [-0.2, -0.15) is 0 Å². The summed E-state index contributed by atoms with van der Waals surface area (Å²) in [5, 5.41) is 5.50. The molecule has 0 radical (unpaired) electrons. The summed E-state index contributed by atoms with van der Waals surface area (Å²) in [4.78, 5) is 33.9. The number of amides is 3. The van der Waals surface area contributed by atoms with Crippen LogP contribution in [0.25, 0.3) is 0 Å². The number of urea groups is 1. The molecular formula is C27H38N4O3S. The van der Waals surface area contributed by atoms with E-state index in [1.807, 2.05) is 34.5 Å². The molecule has 2 aromatic rings. The monoisotopic (exact) mass is 498 g/mol. The summed E-state index contributed by atoms with van der Waals surface area (Å²) in [6.45, 7) is 9.00. The zero-order valence-corrected chi connectivity index (χ0v) is 22.0. The maximum Gasteiger partial charge on any atom is 0.323 e. The van der Waals surface area contributed by atoms with E-state index in [2.05, 4.69) is 31.1 Å². The molecule has 0 spiro atoms. The van der Waals surface area contributed by atoms with Crippen molar-refractivity contribution in [2.24, 2.45) is 5.92 Å². The molecule has 2 aliphatic rings. The van der Waals surface area contributed by atoms with E-state index in [1.165, 1.54) is 43.4 Å². The highest BCUT2D eigenvalue weighted by Crippen LogP contribution is 2.28. The Labute approximate surface area is 212 Å². The first-order valence-electron chi connectivity index (χ1n) is 12.8. The van der Waals surface area contributed by atoms with Crippen molar-refractivity contribution in [1.29, 1.82) is 0 Å². The van der Waals surface area contributed by atoms with E-state index in [9.17, 15) is 9.59 Å². The normalized spacial score (nSPS) is 17.3. The molecule has 0 unspecified atom stereocenters. The number of anilines is 1. The van der Waals surface area contributed by atoms with Crippen molar-refractivity contribution < 1.29 is 14.3 Å². The summed E-state index contributed by atoms with van der Waals surface area (Å²) in [5.74, 6) is 1.51. The van der Waals surface area contributed by atoms with Crippen LogP contribution in [0.2, 0.25) is 0 Å². The van der Waals surface area contributed by atoms with Crippen LogP contribution >= 0.6 is 11.3 Å². The summed E-state index contributed by atoms with van der Waals surface area (Å²) >= 11 is 1.44. The highest BCUT2D eigenvalue weighted by Gasteiger charge is 2.26. The van der Waals surface area contributed by atoms with Gasteiger partial charge >= 0.3 is 6.03 Å². The number of nitrogens with zero attached hydrogens (tertiary/aromatic N) is 3. The number of rotatable bonds is 6. The number of hydrogen-bond donors (Lipinski definition) is 1. The van der Waals surface area contributed by atoms with Crippen LogP contribution in [0.3, 0.4) is 0 Å². The van der Waals surface area contributed by atoms with Gasteiger partial charge in [0.15, 0.2) is 5.13 Å². The maximum absolute atomic E-state index is 13.1. The fourth-order valence-electron chi connectivity index (χ4n) is 4.68. The number of ether oxygens (including phenoxy) is 1. The topological polar surface area (TPSA) is 74.8 Å². The molecule has 1 saturated carbocycles. The van der Waals surface area contributed by atoms with E-state index in [0.717, 1.165) is 23.8 Å². The Kier molecular flexibility index (Phi) is 8.31. The number of piperazine rings is 1. The van der Waals surface area contributed by atoms with Gasteiger partial charge < -0.3 is 14.5 Å². The zero-order chi connectivity index (χ0) is 24.8. The van der Waals surface area contributed by atoms with E-state index in [4.69, 9.17) is 4.74 Å².